The first kappa shape index (κ1) is 8.95. The largest absolute Gasteiger partial charge is 0.478 e. The van der Waals surface area contributed by atoms with Crippen LogP contribution in [-0.4, -0.2) is 25.7 Å². The summed E-state index contributed by atoms with van der Waals surface area (Å²) in [6.07, 6.45) is 2.83. The molecule has 1 atom stereocenters. The SMILES string of the molecule is CC(O)(C(=O)O)n1cc[nH]c1=S. The Kier molecular flexibility index (Phi) is 2.03. The lowest BCUT2D eigenvalue weighted by molar-refractivity contribution is -0.167. The number of carboxylic acid groups (broad SMARTS) is 1. The molecule has 0 bridgehead atoms. The minimum atomic E-state index is -1.99. The van der Waals surface area contributed by atoms with Crippen LogP contribution in [0.15, 0.2) is 12.4 Å². The zero-order chi connectivity index (χ0) is 9.35. The van der Waals surface area contributed by atoms with Crippen LogP contribution in [0.2, 0.25) is 0 Å². The summed E-state index contributed by atoms with van der Waals surface area (Å²) in [6.45, 7) is 1.15. The van der Waals surface area contributed by atoms with E-state index in [0.29, 0.717) is 0 Å². The van der Waals surface area contributed by atoms with Crippen LogP contribution in [0, 0.1) is 4.77 Å². The average molecular weight is 188 g/mol. The van der Waals surface area contributed by atoms with Crippen LogP contribution in [0.3, 0.4) is 0 Å². The summed E-state index contributed by atoms with van der Waals surface area (Å²) in [6, 6.07) is 0. The van der Waals surface area contributed by atoms with Gasteiger partial charge < -0.3 is 15.2 Å². The standard InChI is InChI=1S/C6H8N2O3S/c1-6(11,4(9)10)8-3-2-7-5(8)12/h2-3,11H,1H3,(H,7,12)(H,9,10). The van der Waals surface area contributed by atoms with Gasteiger partial charge in [0.05, 0.1) is 0 Å². The molecular weight excluding hydrogens is 180 g/mol. The molecule has 5 nitrogen and oxygen atoms in total. The minimum Gasteiger partial charge on any atom is -0.478 e. The Bertz CT molecular complexity index is 352. The van der Waals surface area contributed by atoms with E-state index in [9.17, 15) is 9.90 Å². The molecule has 1 aromatic heterocycles. The molecule has 0 aliphatic carbocycles. The number of H-pyrrole nitrogens is 1. The second-order valence-corrected chi connectivity index (χ2v) is 2.85. The van der Waals surface area contributed by atoms with Gasteiger partial charge in [0, 0.05) is 12.4 Å². The van der Waals surface area contributed by atoms with Crippen LogP contribution in [0.4, 0.5) is 0 Å². The number of imidazole rings is 1. The molecule has 1 unspecified atom stereocenters. The van der Waals surface area contributed by atoms with Crippen molar-refractivity contribution in [3.05, 3.63) is 17.2 Å². The van der Waals surface area contributed by atoms with Crippen molar-refractivity contribution in [2.45, 2.75) is 12.6 Å². The number of nitrogens with one attached hydrogen (secondary N) is 1. The van der Waals surface area contributed by atoms with E-state index in [2.05, 4.69) is 4.98 Å². The third-order valence-electron chi connectivity index (χ3n) is 1.52. The van der Waals surface area contributed by atoms with Crippen molar-refractivity contribution in [2.75, 3.05) is 0 Å². The molecule has 6 heteroatoms. The molecule has 66 valence electrons. The zero-order valence-corrected chi connectivity index (χ0v) is 7.13. The third-order valence-corrected chi connectivity index (χ3v) is 1.84. The molecule has 0 aliphatic heterocycles. The molecule has 0 saturated carbocycles. The quantitative estimate of drug-likeness (QED) is 0.583. The van der Waals surface area contributed by atoms with E-state index in [-0.39, 0.29) is 4.77 Å². The number of carboxylic acids is 1. The van der Waals surface area contributed by atoms with Gasteiger partial charge in [-0.15, -0.1) is 0 Å². The smallest absolute Gasteiger partial charge is 0.357 e. The number of hydrogen-bond acceptors (Lipinski definition) is 3. The fourth-order valence-electron chi connectivity index (χ4n) is 0.766. The first-order valence-corrected chi connectivity index (χ1v) is 3.59. The van der Waals surface area contributed by atoms with Gasteiger partial charge in [0.15, 0.2) is 4.77 Å². The van der Waals surface area contributed by atoms with Gasteiger partial charge in [-0.1, -0.05) is 0 Å². The van der Waals surface area contributed by atoms with Gasteiger partial charge in [0.25, 0.3) is 0 Å². The highest BCUT2D eigenvalue weighted by molar-refractivity contribution is 7.71. The monoisotopic (exact) mass is 188 g/mol. The highest BCUT2D eigenvalue weighted by atomic mass is 32.1. The van der Waals surface area contributed by atoms with Gasteiger partial charge in [0.1, 0.15) is 0 Å². The molecule has 0 amide bonds. The highest BCUT2D eigenvalue weighted by Crippen LogP contribution is 2.11. The molecule has 3 N–H and O–H groups in total. The van der Waals surface area contributed by atoms with E-state index in [4.69, 9.17) is 17.3 Å². The number of hydrogen-bond donors (Lipinski definition) is 3. The van der Waals surface area contributed by atoms with Crippen molar-refractivity contribution < 1.29 is 15.0 Å². The Labute approximate surface area is 73.3 Å². The van der Waals surface area contributed by atoms with Gasteiger partial charge in [-0.05, 0) is 19.1 Å². The Morgan fingerprint density at radius 1 is 1.83 bits per heavy atom. The number of nitrogens with zero attached hydrogens (tertiary/aromatic N) is 1. The summed E-state index contributed by atoms with van der Waals surface area (Å²) in [5.41, 5.74) is -1.99. The zero-order valence-electron chi connectivity index (χ0n) is 6.31. The van der Waals surface area contributed by atoms with Crippen molar-refractivity contribution in [3.8, 4) is 0 Å². The fourth-order valence-corrected chi connectivity index (χ4v) is 1.07. The Hall–Kier alpha value is -1.14. The predicted molar refractivity (Wildman–Crippen MR) is 43.1 cm³/mol. The van der Waals surface area contributed by atoms with E-state index < -0.39 is 11.7 Å². The Morgan fingerprint density at radius 3 is 2.75 bits per heavy atom. The number of aromatic nitrogens is 2. The first-order chi connectivity index (χ1) is 5.46. The first-order valence-electron chi connectivity index (χ1n) is 3.18. The average Bonchev–Trinajstić information content (AvgIpc) is 2.35. The minimum absolute atomic E-state index is 0.169. The van der Waals surface area contributed by atoms with Crippen molar-refractivity contribution in [2.24, 2.45) is 0 Å². The van der Waals surface area contributed by atoms with Gasteiger partial charge in [-0.25, -0.2) is 4.79 Å². The fraction of sp³-hybridized carbons (Fsp3) is 0.333. The second kappa shape index (κ2) is 2.72. The molecule has 1 rings (SSSR count). The van der Waals surface area contributed by atoms with E-state index in [1.165, 1.54) is 12.4 Å². The lowest BCUT2D eigenvalue weighted by Gasteiger charge is -2.18. The molecule has 0 radical (unpaired) electrons. The Morgan fingerprint density at radius 2 is 2.42 bits per heavy atom. The summed E-state index contributed by atoms with van der Waals surface area (Å²) in [7, 11) is 0. The van der Waals surface area contributed by atoms with E-state index in [1.807, 2.05) is 0 Å². The second-order valence-electron chi connectivity index (χ2n) is 2.46. The maximum absolute atomic E-state index is 10.5. The summed E-state index contributed by atoms with van der Waals surface area (Å²) in [5.74, 6) is -1.35. The number of aliphatic hydroxyl groups is 1. The van der Waals surface area contributed by atoms with Crippen LogP contribution >= 0.6 is 12.2 Å². The molecule has 0 spiro atoms. The lowest BCUT2D eigenvalue weighted by atomic mass is 10.3. The maximum atomic E-state index is 10.5. The molecule has 0 aliphatic rings. The number of aliphatic carboxylic acids is 1. The molecule has 1 heterocycles. The third kappa shape index (κ3) is 1.26. The lowest BCUT2D eigenvalue weighted by Crippen LogP contribution is -2.38. The van der Waals surface area contributed by atoms with Crippen molar-refractivity contribution in [3.63, 3.8) is 0 Å². The summed E-state index contributed by atoms with van der Waals surface area (Å²) in [5, 5.41) is 18.0. The molecule has 12 heavy (non-hydrogen) atoms. The van der Waals surface area contributed by atoms with E-state index in [1.54, 1.807) is 0 Å². The van der Waals surface area contributed by atoms with Crippen LogP contribution in [0.5, 0.6) is 0 Å². The normalized spacial score (nSPS) is 15.5. The molecule has 1 aromatic rings. The number of aromatic amines is 1. The van der Waals surface area contributed by atoms with Crippen molar-refractivity contribution in [1.29, 1.82) is 0 Å². The van der Waals surface area contributed by atoms with Gasteiger partial charge in [-0.2, -0.15) is 0 Å². The molecule has 0 saturated heterocycles. The summed E-state index contributed by atoms with van der Waals surface area (Å²) >= 11 is 4.74. The van der Waals surface area contributed by atoms with Crippen LogP contribution in [0.1, 0.15) is 6.92 Å². The number of carbonyl (C=O) groups is 1. The number of rotatable bonds is 2. The van der Waals surface area contributed by atoms with Crippen molar-refractivity contribution >= 4 is 18.2 Å². The summed E-state index contributed by atoms with van der Waals surface area (Å²) in [4.78, 5) is 13.1. The molecular formula is C6H8N2O3S. The van der Waals surface area contributed by atoms with E-state index >= 15 is 0 Å². The maximum Gasteiger partial charge on any atom is 0.357 e. The van der Waals surface area contributed by atoms with E-state index in [0.717, 1.165) is 11.5 Å². The van der Waals surface area contributed by atoms with Crippen LogP contribution in [0.25, 0.3) is 0 Å². The van der Waals surface area contributed by atoms with Gasteiger partial charge >= 0.3 is 5.97 Å². The molecule has 0 aromatic carbocycles. The Balaban J connectivity index is 3.23. The molecule has 0 fully saturated rings. The predicted octanol–water partition coefficient (Wildman–Crippen LogP) is 0.295. The van der Waals surface area contributed by atoms with Crippen molar-refractivity contribution in [1.82, 2.24) is 9.55 Å². The highest BCUT2D eigenvalue weighted by Gasteiger charge is 2.32. The topological polar surface area (TPSA) is 78.2 Å². The van der Waals surface area contributed by atoms with Gasteiger partial charge in [0.2, 0.25) is 5.72 Å². The van der Waals surface area contributed by atoms with Gasteiger partial charge in [-0.3, -0.25) is 4.57 Å². The summed E-state index contributed by atoms with van der Waals surface area (Å²) < 4.78 is 1.23. The van der Waals surface area contributed by atoms with Crippen LogP contribution < -0.4 is 0 Å². The van der Waals surface area contributed by atoms with Crippen LogP contribution in [-0.2, 0) is 10.5 Å².